The number of hydrogen-bond donors (Lipinski definition) is 3. The molecule has 0 aliphatic carbocycles. The Hall–Kier alpha value is -3.68. The summed E-state index contributed by atoms with van der Waals surface area (Å²) in [4.78, 5) is 35.5. The number of hydrogen-bond acceptors (Lipinski definition) is 5. The lowest BCUT2D eigenvalue weighted by atomic mass is 10.0. The summed E-state index contributed by atoms with van der Waals surface area (Å²) in [6, 6.07) is 10.1. The molecule has 0 aliphatic rings. The van der Waals surface area contributed by atoms with E-state index in [0.29, 0.717) is 24.1 Å². The van der Waals surface area contributed by atoms with Crippen LogP contribution in [0.4, 0.5) is 5.69 Å². The summed E-state index contributed by atoms with van der Waals surface area (Å²) in [6.07, 6.45) is 2.67. The summed E-state index contributed by atoms with van der Waals surface area (Å²) < 4.78 is 4.98. The third kappa shape index (κ3) is 5.41. The molecule has 0 unspecified atom stereocenters. The second-order valence-electron chi connectivity index (χ2n) is 6.08. The zero-order valence-electron chi connectivity index (χ0n) is 16.5. The highest BCUT2D eigenvalue weighted by molar-refractivity contribution is 6.39. The highest BCUT2D eigenvalue weighted by atomic mass is 16.5. The Labute approximate surface area is 168 Å². The molecule has 2 aromatic rings. The molecule has 0 saturated heterocycles. The van der Waals surface area contributed by atoms with Crippen LogP contribution < -0.4 is 15.5 Å². The van der Waals surface area contributed by atoms with E-state index in [1.54, 1.807) is 6.07 Å². The van der Waals surface area contributed by atoms with Crippen molar-refractivity contribution in [1.29, 1.82) is 0 Å². The van der Waals surface area contributed by atoms with Crippen LogP contribution in [0.1, 0.15) is 40.9 Å². The first-order valence-electron chi connectivity index (χ1n) is 9.07. The Kier molecular flexibility index (Phi) is 7.47. The fourth-order valence-electron chi connectivity index (χ4n) is 2.76. The normalized spacial score (nSPS) is 10.6. The molecule has 0 bridgehead atoms. The number of nitrogens with one attached hydrogen (secondary N) is 2. The quantitative estimate of drug-likeness (QED) is 0.377. The van der Waals surface area contributed by atoms with Crippen molar-refractivity contribution in [3.63, 3.8) is 0 Å². The van der Waals surface area contributed by atoms with Crippen molar-refractivity contribution in [1.82, 2.24) is 5.43 Å². The number of carboxylic acids is 1. The van der Waals surface area contributed by atoms with Crippen LogP contribution in [0, 0.1) is 0 Å². The standard InChI is InChI=1S/C21H23N3O5/c1-4-14-7-6-8-15(5-2)18(14)23-19(25)20(26)24-22-12-13-9-10-17(29-3)16(11-13)21(27)28/h6-12H,4-5H2,1-3H3,(H,23,25)(H,24,26)(H,27,28)/b22-12-. The third-order valence-corrected chi connectivity index (χ3v) is 4.28. The first-order chi connectivity index (χ1) is 13.9. The zero-order valence-corrected chi connectivity index (χ0v) is 16.5. The van der Waals surface area contributed by atoms with E-state index in [1.807, 2.05) is 32.0 Å². The van der Waals surface area contributed by atoms with Gasteiger partial charge in [-0.25, -0.2) is 10.2 Å². The number of amides is 2. The average molecular weight is 397 g/mol. The number of hydrazone groups is 1. The van der Waals surface area contributed by atoms with Gasteiger partial charge in [0.05, 0.1) is 13.3 Å². The molecule has 0 fully saturated rings. The lowest BCUT2D eigenvalue weighted by Crippen LogP contribution is -2.33. The lowest BCUT2D eigenvalue weighted by Gasteiger charge is -2.13. The van der Waals surface area contributed by atoms with Crippen LogP contribution in [0.3, 0.4) is 0 Å². The summed E-state index contributed by atoms with van der Waals surface area (Å²) in [5, 5.41) is 15.6. The second-order valence-corrected chi connectivity index (χ2v) is 6.08. The molecule has 0 heterocycles. The van der Waals surface area contributed by atoms with Crippen LogP contribution >= 0.6 is 0 Å². The maximum atomic E-state index is 12.2. The first-order valence-corrected chi connectivity index (χ1v) is 9.07. The van der Waals surface area contributed by atoms with Gasteiger partial charge in [-0.15, -0.1) is 0 Å². The van der Waals surface area contributed by atoms with E-state index < -0.39 is 17.8 Å². The van der Waals surface area contributed by atoms with Crippen molar-refractivity contribution in [3.05, 3.63) is 58.7 Å². The molecule has 8 heteroatoms. The van der Waals surface area contributed by atoms with Crippen LogP contribution in [0.2, 0.25) is 0 Å². The number of benzene rings is 2. The number of aromatic carboxylic acids is 1. The van der Waals surface area contributed by atoms with E-state index in [2.05, 4.69) is 15.8 Å². The van der Waals surface area contributed by atoms with E-state index in [0.717, 1.165) is 11.1 Å². The third-order valence-electron chi connectivity index (χ3n) is 4.28. The molecular weight excluding hydrogens is 374 g/mol. The Morgan fingerprint density at radius 1 is 1.07 bits per heavy atom. The molecule has 2 rings (SSSR count). The summed E-state index contributed by atoms with van der Waals surface area (Å²) in [5.41, 5.74) is 5.05. The molecule has 0 aliphatic heterocycles. The summed E-state index contributed by atoms with van der Waals surface area (Å²) >= 11 is 0. The number of nitrogens with zero attached hydrogens (tertiary/aromatic N) is 1. The SMILES string of the molecule is CCc1cccc(CC)c1NC(=O)C(=O)N/N=C\c1ccc(OC)c(C(=O)O)c1. The van der Waals surface area contributed by atoms with Gasteiger partial charge in [-0.2, -0.15) is 5.10 Å². The molecule has 0 aromatic heterocycles. The minimum Gasteiger partial charge on any atom is -0.496 e. The van der Waals surface area contributed by atoms with Crippen LogP contribution in [0.5, 0.6) is 5.75 Å². The molecule has 152 valence electrons. The van der Waals surface area contributed by atoms with E-state index in [-0.39, 0.29) is 11.3 Å². The average Bonchev–Trinajstić information content (AvgIpc) is 2.73. The fraction of sp³-hybridized carbons (Fsp3) is 0.238. The molecule has 2 aromatic carbocycles. The maximum absolute atomic E-state index is 12.2. The largest absolute Gasteiger partial charge is 0.496 e. The van der Waals surface area contributed by atoms with E-state index in [1.165, 1.54) is 25.5 Å². The lowest BCUT2D eigenvalue weighted by molar-refractivity contribution is -0.136. The Morgan fingerprint density at radius 3 is 2.28 bits per heavy atom. The van der Waals surface area contributed by atoms with Crippen molar-refractivity contribution in [2.45, 2.75) is 26.7 Å². The van der Waals surface area contributed by atoms with Gasteiger partial charge in [-0.3, -0.25) is 9.59 Å². The van der Waals surface area contributed by atoms with Crippen LogP contribution in [-0.2, 0) is 22.4 Å². The summed E-state index contributed by atoms with van der Waals surface area (Å²) in [6.45, 7) is 3.93. The molecule has 0 spiro atoms. The number of methoxy groups -OCH3 is 1. The summed E-state index contributed by atoms with van der Waals surface area (Å²) in [7, 11) is 1.37. The topological polar surface area (TPSA) is 117 Å². The fourth-order valence-corrected chi connectivity index (χ4v) is 2.76. The molecule has 0 radical (unpaired) electrons. The molecule has 0 saturated carbocycles. The van der Waals surface area contributed by atoms with Crippen molar-refractivity contribution in [3.8, 4) is 5.75 Å². The molecule has 3 N–H and O–H groups in total. The number of carbonyl (C=O) groups excluding carboxylic acids is 2. The number of rotatable bonds is 7. The zero-order chi connectivity index (χ0) is 21.4. The predicted octanol–water partition coefficient (Wildman–Crippen LogP) is 2.61. The highest BCUT2D eigenvalue weighted by Crippen LogP contribution is 2.22. The minimum absolute atomic E-state index is 0.0382. The number of carbonyl (C=O) groups is 3. The number of aryl methyl sites for hydroxylation is 2. The Balaban J connectivity index is 2.07. The van der Waals surface area contributed by atoms with Gasteiger partial charge in [-0.1, -0.05) is 32.0 Å². The van der Waals surface area contributed by atoms with Crippen LogP contribution in [0.25, 0.3) is 0 Å². The number of para-hydroxylation sites is 1. The Morgan fingerprint density at radius 2 is 1.72 bits per heavy atom. The second kappa shape index (κ2) is 10.0. The molecule has 29 heavy (non-hydrogen) atoms. The molecule has 0 atom stereocenters. The van der Waals surface area contributed by atoms with E-state index in [9.17, 15) is 19.5 Å². The predicted molar refractivity (Wildman–Crippen MR) is 110 cm³/mol. The van der Waals surface area contributed by atoms with Gasteiger partial charge in [0, 0.05) is 5.69 Å². The monoisotopic (exact) mass is 397 g/mol. The van der Waals surface area contributed by atoms with Gasteiger partial charge in [-0.05, 0) is 47.7 Å². The number of carboxylic acid groups (broad SMARTS) is 1. The molecular formula is C21H23N3O5. The van der Waals surface area contributed by atoms with E-state index >= 15 is 0 Å². The smallest absolute Gasteiger partial charge is 0.339 e. The van der Waals surface area contributed by atoms with Gasteiger partial charge in [0.2, 0.25) is 0 Å². The van der Waals surface area contributed by atoms with Gasteiger partial charge in [0.25, 0.3) is 0 Å². The van der Waals surface area contributed by atoms with Crippen LogP contribution in [0.15, 0.2) is 41.5 Å². The minimum atomic E-state index is -1.15. The number of anilines is 1. The van der Waals surface area contributed by atoms with Gasteiger partial charge < -0.3 is 15.2 Å². The van der Waals surface area contributed by atoms with Gasteiger partial charge >= 0.3 is 17.8 Å². The molecule has 8 nitrogen and oxygen atoms in total. The first kappa shape index (κ1) is 21.6. The van der Waals surface area contributed by atoms with Crippen molar-refractivity contribution >= 4 is 29.7 Å². The van der Waals surface area contributed by atoms with Crippen molar-refractivity contribution in [2.24, 2.45) is 5.10 Å². The van der Waals surface area contributed by atoms with E-state index in [4.69, 9.17) is 4.74 Å². The number of ether oxygens (including phenoxy) is 1. The molecule has 2 amide bonds. The van der Waals surface area contributed by atoms with Gasteiger partial charge in [0.1, 0.15) is 11.3 Å². The van der Waals surface area contributed by atoms with Crippen molar-refractivity contribution in [2.75, 3.05) is 12.4 Å². The Bertz CT molecular complexity index is 931. The maximum Gasteiger partial charge on any atom is 0.339 e. The van der Waals surface area contributed by atoms with Crippen LogP contribution in [-0.4, -0.2) is 36.2 Å². The van der Waals surface area contributed by atoms with Gasteiger partial charge in [0.15, 0.2) is 0 Å². The van der Waals surface area contributed by atoms with Crippen molar-refractivity contribution < 1.29 is 24.2 Å². The summed E-state index contributed by atoms with van der Waals surface area (Å²) in [5.74, 6) is -2.71. The highest BCUT2D eigenvalue weighted by Gasteiger charge is 2.16.